The lowest BCUT2D eigenvalue weighted by molar-refractivity contribution is 0.0963. The number of benzene rings is 2. The van der Waals surface area contributed by atoms with Crippen LogP contribution in [0.4, 0.5) is 5.69 Å². The smallest absolute Gasteiger partial charge is 0.263 e. The van der Waals surface area contributed by atoms with Crippen LogP contribution in [0.1, 0.15) is 15.9 Å². The first-order valence-electron chi connectivity index (χ1n) is 6.44. The highest BCUT2D eigenvalue weighted by atomic mass is 35.5. The maximum atomic E-state index is 12.4. The first-order valence-corrected chi connectivity index (χ1v) is 8.31. The Morgan fingerprint density at radius 3 is 2.32 bits per heavy atom. The van der Waals surface area contributed by atoms with Crippen LogP contribution in [0.3, 0.4) is 0 Å². The van der Waals surface area contributed by atoms with E-state index in [0.717, 1.165) is 5.56 Å². The summed E-state index contributed by atoms with van der Waals surface area (Å²) in [4.78, 5) is 11.5. The van der Waals surface area contributed by atoms with Gasteiger partial charge < -0.3 is 5.32 Å². The predicted molar refractivity (Wildman–Crippen MR) is 86.8 cm³/mol. The van der Waals surface area contributed by atoms with Crippen LogP contribution in [0.5, 0.6) is 0 Å². The number of hydrogen-bond donors (Lipinski definition) is 2. The summed E-state index contributed by atoms with van der Waals surface area (Å²) in [5.41, 5.74) is 1.66. The van der Waals surface area contributed by atoms with Crippen molar-refractivity contribution in [1.82, 2.24) is 5.32 Å². The summed E-state index contributed by atoms with van der Waals surface area (Å²) in [5.74, 6) is -0.386. The molecule has 0 saturated carbocycles. The zero-order valence-electron chi connectivity index (χ0n) is 12.1. The first kappa shape index (κ1) is 16.3. The Kier molecular flexibility index (Phi) is 4.73. The first-order chi connectivity index (χ1) is 10.3. The number of rotatable bonds is 4. The molecule has 0 bridgehead atoms. The Morgan fingerprint density at radius 1 is 1.09 bits per heavy atom. The number of hydrogen-bond acceptors (Lipinski definition) is 3. The minimum atomic E-state index is -3.88. The van der Waals surface area contributed by atoms with Crippen molar-refractivity contribution >= 4 is 33.2 Å². The number of nitrogens with one attached hydrogen (secondary N) is 2. The van der Waals surface area contributed by atoms with Gasteiger partial charge in [-0.1, -0.05) is 29.3 Å². The van der Waals surface area contributed by atoms with Gasteiger partial charge in [-0.05, 0) is 37.3 Å². The summed E-state index contributed by atoms with van der Waals surface area (Å²) in [6, 6.07) is 11.0. The standard InChI is InChI=1S/C15H15ClN2O3S/c1-10-3-6-12(7-4-10)18-22(20,21)14-9-11(15(19)17-2)5-8-13(14)16/h3-9,18H,1-2H3,(H,17,19). The Morgan fingerprint density at radius 2 is 1.73 bits per heavy atom. The highest BCUT2D eigenvalue weighted by Crippen LogP contribution is 2.25. The molecule has 0 fully saturated rings. The van der Waals surface area contributed by atoms with E-state index in [4.69, 9.17) is 11.6 Å². The summed E-state index contributed by atoms with van der Waals surface area (Å²) in [5, 5.41) is 2.49. The van der Waals surface area contributed by atoms with Crippen LogP contribution >= 0.6 is 11.6 Å². The van der Waals surface area contributed by atoms with E-state index < -0.39 is 10.0 Å². The molecule has 0 atom stereocenters. The quantitative estimate of drug-likeness (QED) is 0.900. The van der Waals surface area contributed by atoms with E-state index in [-0.39, 0.29) is 21.4 Å². The molecule has 0 aliphatic carbocycles. The number of sulfonamides is 1. The Labute approximate surface area is 134 Å². The summed E-state index contributed by atoms with van der Waals surface area (Å²) < 4.78 is 27.3. The fraction of sp³-hybridized carbons (Fsp3) is 0.133. The van der Waals surface area contributed by atoms with Gasteiger partial charge in [0, 0.05) is 18.3 Å². The number of aryl methyl sites for hydroxylation is 1. The predicted octanol–water partition coefficient (Wildman–Crippen LogP) is 2.81. The van der Waals surface area contributed by atoms with E-state index in [1.165, 1.54) is 25.2 Å². The topological polar surface area (TPSA) is 75.3 Å². The highest BCUT2D eigenvalue weighted by Gasteiger charge is 2.20. The lowest BCUT2D eigenvalue weighted by atomic mass is 10.2. The van der Waals surface area contributed by atoms with Gasteiger partial charge in [0.05, 0.1) is 5.02 Å². The molecule has 7 heteroatoms. The van der Waals surface area contributed by atoms with Gasteiger partial charge in [-0.25, -0.2) is 8.42 Å². The van der Waals surface area contributed by atoms with Crippen molar-refractivity contribution in [3.05, 3.63) is 58.6 Å². The van der Waals surface area contributed by atoms with Gasteiger partial charge in [0.2, 0.25) is 0 Å². The number of carbonyl (C=O) groups is 1. The summed E-state index contributed by atoms with van der Waals surface area (Å²) in [7, 11) is -2.42. The van der Waals surface area contributed by atoms with Crippen molar-refractivity contribution in [2.24, 2.45) is 0 Å². The van der Waals surface area contributed by atoms with E-state index in [0.29, 0.717) is 5.69 Å². The molecule has 0 unspecified atom stereocenters. The van der Waals surface area contributed by atoms with Gasteiger partial charge in [-0.2, -0.15) is 0 Å². The van der Waals surface area contributed by atoms with Gasteiger partial charge >= 0.3 is 0 Å². The molecule has 0 heterocycles. The fourth-order valence-corrected chi connectivity index (χ4v) is 3.41. The summed E-state index contributed by atoms with van der Waals surface area (Å²) in [6.45, 7) is 1.90. The molecular weight excluding hydrogens is 324 g/mol. The van der Waals surface area contributed by atoms with Gasteiger partial charge in [0.15, 0.2) is 0 Å². The van der Waals surface area contributed by atoms with Crippen LogP contribution < -0.4 is 10.0 Å². The van der Waals surface area contributed by atoms with Crippen molar-refractivity contribution in [3.63, 3.8) is 0 Å². The van der Waals surface area contributed by atoms with Crippen LogP contribution in [-0.2, 0) is 10.0 Å². The molecule has 0 aliphatic heterocycles. The van der Waals surface area contributed by atoms with Crippen molar-refractivity contribution in [3.8, 4) is 0 Å². The number of carbonyl (C=O) groups excluding carboxylic acids is 1. The SMILES string of the molecule is CNC(=O)c1ccc(Cl)c(S(=O)(=O)Nc2ccc(C)cc2)c1. The van der Waals surface area contributed by atoms with Gasteiger partial charge in [0.1, 0.15) is 4.90 Å². The molecule has 1 amide bonds. The van der Waals surface area contributed by atoms with Crippen molar-refractivity contribution in [2.75, 3.05) is 11.8 Å². The van der Waals surface area contributed by atoms with E-state index >= 15 is 0 Å². The lowest BCUT2D eigenvalue weighted by Crippen LogP contribution is -2.19. The number of halogens is 1. The molecule has 2 rings (SSSR count). The summed E-state index contributed by atoms with van der Waals surface area (Å²) in [6.07, 6.45) is 0. The molecule has 0 saturated heterocycles. The van der Waals surface area contributed by atoms with Crippen LogP contribution in [0.2, 0.25) is 5.02 Å². The monoisotopic (exact) mass is 338 g/mol. The molecule has 0 spiro atoms. The average Bonchev–Trinajstić information content (AvgIpc) is 2.49. The minimum Gasteiger partial charge on any atom is -0.355 e. The van der Waals surface area contributed by atoms with Crippen LogP contribution in [0.15, 0.2) is 47.4 Å². The maximum absolute atomic E-state index is 12.4. The fourth-order valence-electron chi connectivity index (χ4n) is 1.83. The van der Waals surface area contributed by atoms with Crippen LogP contribution in [0.25, 0.3) is 0 Å². The molecular formula is C15H15ClN2O3S. The normalized spacial score (nSPS) is 11.0. The second-order valence-electron chi connectivity index (χ2n) is 4.70. The van der Waals surface area contributed by atoms with E-state index in [2.05, 4.69) is 10.0 Å². The third-order valence-electron chi connectivity index (χ3n) is 3.01. The molecule has 2 N–H and O–H groups in total. The molecule has 0 aromatic heterocycles. The van der Waals surface area contributed by atoms with Gasteiger partial charge in [-0.15, -0.1) is 0 Å². The van der Waals surface area contributed by atoms with Gasteiger partial charge in [-0.3, -0.25) is 9.52 Å². The molecule has 5 nitrogen and oxygen atoms in total. The third-order valence-corrected chi connectivity index (χ3v) is 4.88. The molecule has 2 aromatic rings. The van der Waals surface area contributed by atoms with Crippen LogP contribution in [-0.4, -0.2) is 21.4 Å². The Bertz CT molecular complexity index is 802. The van der Waals surface area contributed by atoms with Gasteiger partial charge in [0.25, 0.3) is 15.9 Å². The second-order valence-corrected chi connectivity index (χ2v) is 6.75. The average molecular weight is 339 g/mol. The molecule has 0 aliphatic rings. The van der Waals surface area contributed by atoms with E-state index in [9.17, 15) is 13.2 Å². The Balaban J connectivity index is 2.40. The van der Waals surface area contributed by atoms with Crippen molar-refractivity contribution in [1.29, 1.82) is 0 Å². The molecule has 0 radical (unpaired) electrons. The summed E-state index contributed by atoms with van der Waals surface area (Å²) >= 11 is 5.97. The lowest BCUT2D eigenvalue weighted by Gasteiger charge is -2.11. The second kappa shape index (κ2) is 6.37. The zero-order valence-corrected chi connectivity index (χ0v) is 13.6. The molecule has 22 heavy (non-hydrogen) atoms. The maximum Gasteiger partial charge on any atom is 0.263 e. The molecule has 2 aromatic carbocycles. The van der Waals surface area contributed by atoms with Crippen molar-refractivity contribution in [2.45, 2.75) is 11.8 Å². The van der Waals surface area contributed by atoms with E-state index in [1.54, 1.807) is 24.3 Å². The molecule has 116 valence electrons. The minimum absolute atomic E-state index is 0.0484. The third kappa shape index (κ3) is 3.58. The largest absolute Gasteiger partial charge is 0.355 e. The Hall–Kier alpha value is -2.05. The number of anilines is 1. The van der Waals surface area contributed by atoms with Crippen molar-refractivity contribution < 1.29 is 13.2 Å². The number of amides is 1. The highest BCUT2D eigenvalue weighted by molar-refractivity contribution is 7.92. The zero-order chi connectivity index (χ0) is 16.3. The van der Waals surface area contributed by atoms with E-state index in [1.807, 2.05) is 6.92 Å². The van der Waals surface area contributed by atoms with Crippen LogP contribution in [0, 0.1) is 6.92 Å².